The summed E-state index contributed by atoms with van der Waals surface area (Å²) in [5.41, 5.74) is 3.15. The molecule has 1 aliphatic heterocycles. The normalized spacial score (nSPS) is 13.9. The second kappa shape index (κ2) is 9.29. The number of anilines is 2. The van der Waals surface area contributed by atoms with Gasteiger partial charge in [-0.05, 0) is 58.0 Å². The Morgan fingerprint density at radius 3 is 1.65 bits per heavy atom. The Labute approximate surface area is 201 Å². The second-order valence-electron chi connectivity index (χ2n) is 8.36. The van der Waals surface area contributed by atoms with Gasteiger partial charge in [-0.15, -0.1) is 0 Å². The number of rotatable bonds is 8. The van der Waals surface area contributed by atoms with Crippen LogP contribution in [0.15, 0.2) is 60.7 Å². The maximum Gasteiger partial charge on any atom is 0.340 e. The Hall–Kier alpha value is -3.67. The molecule has 0 bridgehead atoms. The molecule has 0 unspecified atom stereocenters. The van der Waals surface area contributed by atoms with Crippen molar-refractivity contribution in [2.45, 2.75) is 33.3 Å². The molecule has 0 aliphatic carbocycles. The topological polar surface area (TPSA) is 73.2 Å². The van der Waals surface area contributed by atoms with Crippen LogP contribution in [0, 0.1) is 0 Å². The maximum absolute atomic E-state index is 13.3. The number of hydrogen-bond donors (Lipinski definition) is 2. The lowest BCUT2D eigenvalue weighted by Crippen LogP contribution is -2.36. The van der Waals surface area contributed by atoms with Gasteiger partial charge in [-0.1, -0.05) is 18.2 Å². The number of benzene rings is 3. The van der Waals surface area contributed by atoms with E-state index in [-0.39, 0.29) is 11.5 Å². The molecule has 0 atom stereocenters. The Morgan fingerprint density at radius 2 is 1.18 bits per heavy atom. The first-order valence-electron chi connectivity index (χ1n) is 11.9. The smallest absolute Gasteiger partial charge is 0.340 e. The molecule has 0 radical (unpaired) electrons. The van der Waals surface area contributed by atoms with Crippen molar-refractivity contribution in [3.8, 4) is 11.5 Å². The van der Waals surface area contributed by atoms with Crippen molar-refractivity contribution < 1.29 is 19.7 Å². The summed E-state index contributed by atoms with van der Waals surface area (Å²) in [5.74, 6) is -0.103. The van der Waals surface area contributed by atoms with Crippen LogP contribution in [0.5, 0.6) is 11.5 Å². The quantitative estimate of drug-likeness (QED) is 0.447. The van der Waals surface area contributed by atoms with Crippen LogP contribution in [-0.4, -0.2) is 42.4 Å². The number of fused-ring (bicyclic) bond motifs is 1. The van der Waals surface area contributed by atoms with E-state index < -0.39 is 11.6 Å². The van der Waals surface area contributed by atoms with Gasteiger partial charge < -0.3 is 24.7 Å². The van der Waals surface area contributed by atoms with Crippen molar-refractivity contribution in [1.29, 1.82) is 0 Å². The summed E-state index contributed by atoms with van der Waals surface area (Å²) < 4.78 is 6.38. The summed E-state index contributed by atoms with van der Waals surface area (Å²) in [6, 6.07) is 17.9. The number of cyclic esters (lactones) is 1. The van der Waals surface area contributed by atoms with Crippen LogP contribution < -0.4 is 9.80 Å². The molecule has 2 N–H and O–H groups in total. The molecule has 0 saturated heterocycles. The molecule has 4 rings (SSSR count). The molecule has 0 amide bonds. The van der Waals surface area contributed by atoms with E-state index >= 15 is 0 Å². The predicted octanol–water partition coefficient (Wildman–Crippen LogP) is 5.25. The van der Waals surface area contributed by atoms with Gasteiger partial charge in [0, 0.05) is 66.4 Å². The average molecular weight is 461 g/mol. The minimum absolute atomic E-state index is 0.146. The van der Waals surface area contributed by atoms with Crippen LogP contribution in [0.4, 0.5) is 11.4 Å². The van der Waals surface area contributed by atoms with Gasteiger partial charge in [-0.2, -0.15) is 0 Å². The van der Waals surface area contributed by atoms with E-state index in [1.54, 1.807) is 30.3 Å². The zero-order valence-corrected chi connectivity index (χ0v) is 20.2. The number of aromatic hydroxyl groups is 2. The van der Waals surface area contributed by atoms with E-state index in [0.717, 1.165) is 54.2 Å². The fourth-order valence-corrected chi connectivity index (χ4v) is 5.05. The molecular weight excluding hydrogens is 428 g/mol. The zero-order chi connectivity index (χ0) is 24.5. The first-order valence-corrected chi connectivity index (χ1v) is 11.9. The highest BCUT2D eigenvalue weighted by Crippen LogP contribution is 2.53. The highest BCUT2D eigenvalue weighted by molar-refractivity contribution is 5.97. The van der Waals surface area contributed by atoms with Crippen LogP contribution in [0.1, 0.15) is 54.7 Å². The van der Waals surface area contributed by atoms with Crippen LogP contribution in [0.3, 0.4) is 0 Å². The van der Waals surface area contributed by atoms with Gasteiger partial charge in [-0.3, -0.25) is 0 Å². The predicted molar refractivity (Wildman–Crippen MR) is 135 cm³/mol. The van der Waals surface area contributed by atoms with Gasteiger partial charge in [0.05, 0.1) is 5.56 Å². The van der Waals surface area contributed by atoms with E-state index in [9.17, 15) is 15.0 Å². The molecule has 178 valence electrons. The number of phenols is 2. The summed E-state index contributed by atoms with van der Waals surface area (Å²) in [4.78, 5) is 17.5. The fraction of sp³-hybridized carbons (Fsp3) is 0.321. The Kier molecular flexibility index (Phi) is 6.42. The third kappa shape index (κ3) is 3.63. The number of nitrogens with zero attached hydrogens (tertiary/aromatic N) is 2. The minimum atomic E-state index is -1.25. The van der Waals surface area contributed by atoms with Crippen molar-refractivity contribution in [1.82, 2.24) is 0 Å². The largest absolute Gasteiger partial charge is 0.508 e. The molecule has 0 aromatic heterocycles. The fourth-order valence-electron chi connectivity index (χ4n) is 5.05. The minimum Gasteiger partial charge on any atom is -0.508 e. The van der Waals surface area contributed by atoms with Gasteiger partial charge in [0.25, 0.3) is 0 Å². The maximum atomic E-state index is 13.3. The van der Waals surface area contributed by atoms with Crippen molar-refractivity contribution in [3.05, 3.63) is 82.9 Å². The van der Waals surface area contributed by atoms with E-state index in [2.05, 4.69) is 37.5 Å². The molecule has 34 heavy (non-hydrogen) atoms. The molecule has 0 saturated carbocycles. The van der Waals surface area contributed by atoms with Crippen LogP contribution in [-0.2, 0) is 10.3 Å². The van der Waals surface area contributed by atoms with Gasteiger partial charge in [-0.25, -0.2) is 4.79 Å². The number of carbonyl (C=O) groups is 1. The zero-order valence-electron chi connectivity index (χ0n) is 20.2. The lowest BCUT2D eigenvalue weighted by Gasteiger charge is -2.38. The van der Waals surface area contributed by atoms with Crippen LogP contribution in [0.25, 0.3) is 0 Å². The summed E-state index contributed by atoms with van der Waals surface area (Å²) in [5, 5.41) is 20.8. The first-order chi connectivity index (χ1) is 16.4. The summed E-state index contributed by atoms with van der Waals surface area (Å²) >= 11 is 0. The summed E-state index contributed by atoms with van der Waals surface area (Å²) in [6.45, 7) is 11.1. The van der Waals surface area contributed by atoms with Crippen molar-refractivity contribution in [3.63, 3.8) is 0 Å². The van der Waals surface area contributed by atoms with E-state index in [4.69, 9.17) is 4.74 Å². The van der Waals surface area contributed by atoms with Gasteiger partial charge in [0.1, 0.15) is 11.5 Å². The number of hydrogen-bond acceptors (Lipinski definition) is 6. The number of esters is 1. The Balaban J connectivity index is 2.14. The Bertz CT molecular complexity index is 1140. The SMILES string of the molecule is CCN(CC)c1cc(O)ccc1C1(c2ccc(O)cc2N(CC)CC)OC(=O)c2ccccc21. The molecule has 6 nitrogen and oxygen atoms in total. The lowest BCUT2D eigenvalue weighted by molar-refractivity contribution is 0.0254. The molecule has 3 aromatic rings. The van der Waals surface area contributed by atoms with Gasteiger partial charge in [0.2, 0.25) is 0 Å². The number of ether oxygens (including phenoxy) is 1. The van der Waals surface area contributed by atoms with E-state index in [1.165, 1.54) is 0 Å². The van der Waals surface area contributed by atoms with Crippen molar-refractivity contribution >= 4 is 17.3 Å². The summed E-state index contributed by atoms with van der Waals surface area (Å²) in [6.07, 6.45) is 0. The van der Waals surface area contributed by atoms with Crippen molar-refractivity contribution in [2.24, 2.45) is 0 Å². The Morgan fingerprint density at radius 1 is 0.706 bits per heavy atom. The van der Waals surface area contributed by atoms with E-state index in [0.29, 0.717) is 5.56 Å². The molecule has 1 heterocycles. The third-order valence-corrected chi connectivity index (χ3v) is 6.70. The molecule has 0 fully saturated rings. The van der Waals surface area contributed by atoms with Gasteiger partial charge in [0.15, 0.2) is 5.60 Å². The monoisotopic (exact) mass is 460 g/mol. The number of carbonyl (C=O) groups excluding carboxylic acids is 1. The second-order valence-corrected chi connectivity index (χ2v) is 8.36. The van der Waals surface area contributed by atoms with E-state index in [1.807, 2.05) is 30.3 Å². The standard InChI is InChI=1S/C28H32N2O4/c1-5-29(6-2)25-17-19(31)13-15-23(25)28(22-12-10-9-11-21(22)27(33)34-28)24-16-14-20(32)18-26(24)30(7-3)8-4/h9-18,31-32H,5-8H2,1-4H3. The molecule has 6 heteroatoms. The van der Waals surface area contributed by atoms with Gasteiger partial charge >= 0.3 is 5.97 Å². The third-order valence-electron chi connectivity index (χ3n) is 6.70. The van der Waals surface area contributed by atoms with Crippen LogP contribution in [0.2, 0.25) is 0 Å². The molecule has 3 aromatic carbocycles. The average Bonchev–Trinajstić information content (AvgIpc) is 3.14. The van der Waals surface area contributed by atoms with Crippen molar-refractivity contribution in [2.75, 3.05) is 36.0 Å². The van der Waals surface area contributed by atoms with Crippen LogP contribution >= 0.6 is 0 Å². The summed E-state index contributed by atoms with van der Waals surface area (Å²) in [7, 11) is 0. The molecule has 0 spiro atoms. The molecular formula is C28H32N2O4. The number of phenolic OH excluding ortho intramolecular Hbond substituents is 2. The first kappa shape index (κ1) is 23.5. The molecule has 1 aliphatic rings. The highest BCUT2D eigenvalue weighted by Gasteiger charge is 2.51. The lowest BCUT2D eigenvalue weighted by atomic mass is 9.77. The highest BCUT2D eigenvalue weighted by atomic mass is 16.6.